The summed E-state index contributed by atoms with van der Waals surface area (Å²) in [5.74, 6) is 1.28. The molecule has 1 aromatic carbocycles. The summed E-state index contributed by atoms with van der Waals surface area (Å²) in [4.78, 5) is 0.991. The van der Waals surface area contributed by atoms with Gasteiger partial charge in [-0.25, -0.2) is 0 Å². The number of rotatable bonds is 3. The minimum Gasteiger partial charge on any atom is -0.355 e. The molecule has 7 heteroatoms. The highest BCUT2D eigenvalue weighted by atomic mass is 32.1. The Morgan fingerprint density at radius 2 is 1.95 bits per heavy atom. The monoisotopic (exact) mass is 295 g/mol. The summed E-state index contributed by atoms with van der Waals surface area (Å²) in [5.41, 5.74) is 1.65. The molecule has 3 aromatic heterocycles. The zero-order valence-corrected chi connectivity index (χ0v) is 11.6. The van der Waals surface area contributed by atoms with E-state index < -0.39 is 0 Å². The van der Waals surface area contributed by atoms with E-state index in [9.17, 15) is 0 Å². The van der Waals surface area contributed by atoms with E-state index in [1.165, 1.54) is 0 Å². The summed E-state index contributed by atoms with van der Waals surface area (Å²) < 4.78 is 7.05. The predicted molar refractivity (Wildman–Crippen MR) is 78.0 cm³/mol. The molecule has 102 valence electrons. The smallest absolute Gasteiger partial charge is 0.192 e. The molecule has 0 unspecified atom stereocenters. The molecule has 0 aliphatic heterocycles. The Bertz CT molecular complexity index is 851. The lowest BCUT2D eigenvalue weighted by Gasteiger charge is -2.03. The summed E-state index contributed by atoms with van der Waals surface area (Å²) in [7, 11) is 0. The minimum absolute atomic E-state index is 0.603. The standard InChI is InChI=1S/C14H9N5OS/c1-2-5-10(6-3-1)19-14(16-17-18-19)11-9-15-20-13(11)12-7-4-8-21-12/h1-9H. The number of tetrazole rings is 1. The van der Waals surface area contributed by atoms with E-state index in [0.29, 0.717) is 11.6 Å². The maximum absolute atomic E-state index is 5.38. The molecule has 0 N–H and O–H groups in total. The molecule has 4 aromatic rings. The SMILES string of the molecule is c1ccc(-n2nnnc2-c2cnoc2-c2cccs2)cc1. The third-order valence-electron chi connectivity index (χ3n) is 3.03. The fourth-order valence-electron chi connectivity index (χ4n) is 2.08. The molecule has 0 saturated carbocycles. The van der Waals surface area contributed by atoms with Gasteiger partial charge in [0.2, 0.25) is 0 Å². The first kappa shape index (κ1) is 12.0. The van der Waals surface area contributed by atoms with E-state index in [1.807, 2.05) is 47.8 Å². The highest BCUT2D eigenvalue weighted by Gasteiger charge is 2.20. The summed E-state index contributed by atoms with van der Waals surface area (Å²) in [6, 6.07) is 13.7. The van der Waals surface area contributed by atoms with E-state index in [-0.39, 0.29) is 0 Å². The van der Waals surface area contributed by atoms with Gasteiger partial charge in [0.05, 0.1) is 22.3 Å². The molecule has 0 spiro atoms. The number of para-hydroxylation sites is 1. The van der Waals surface area contributed by atoms with E-state index in [0.717, 1.165) is 16.1 Å². The van der Waals surface area contributed by atoms with Crippen molar-refractivity contribution in [2.24, 2.45) is 0 Å². The van der Waals surface area contributed by atoms with Crippen LogP contribution in [0.1, 0.15) is 0 Å². The van der Waals surface area contributed by atoms with Crippen molar-refractivity contribution in [1.29, 1.82) is 0 Å². The first-order valence-corrected chi connectivity index (χ1v) is 7.14. The molecule has 0 fully saturated rings. The molecule has 21 heavy (non-hydrogen) atoms. The highest BCUT2D eigenvalue weighted by molar-refractivity contribution is 7.13. The van der Waals surface area contributed by atoms with Crippen LogP contribution in [0.3, 0.4) is 0 Å². The lowest BCUT2D eigenvalue weighted by atomic mass is 10.2. The van der Waals surface area contributed by atoms with Crippen molar-refractivity contribution in [2.45, 2.75) is 0 Å². The Kier molecular flexibility index (Phi) is 2.82. The summed E-state index contributed by atoms with van der Waals surface area (Å²) in [5, 5.41) is 17.8. The second-order valence-corrected chi connectivity index (χ2v) is 5.24. The van der Waals surface area contributed by atoms with Gasteiger partial charge in [0, 0.05) is 0 Å². The Morgan fingerprint density at radius 1 is 1.05 bits per heavy atom. The van der Waals surface area contributed by atoms with Crippen LogP contribution in [0.2, 0.25) is 0 Å². The van der Waals surface area contributed by atoms with Gasteiger partial charge in [-0.2, -0.15) is 4.68 Å². The van der Waals surface area contributed by atoms with E-state index in [4.69, 9.17) is 4.52 Å². The van der Waals surface area contributed by atoms with Crippen molar-refractivity contribution in [2.75, 3.05) is 0 Å². The van der Waals surface area contributed by atoms with Crippen LogP contribution in [-0.4, -0.2) is 25.4 Å². The van der Waals surface area contributed by atoms with Crippen molar-refractivity contribution in [1.82, 2.24) is 25.4 Å². The molecule has 4 rings (SSSR count). The average Bonchev–Trinajstić information content (AvgIpc) is 3.27. The zero-order valence-electron chi connectivity index (χ0n) is 10.7. The molecule has 6 nitrogen and oxygen atoms in total. The lowest BCUT2D eigenvalue weighted by Crippen LogP contribution is -1.99. The molecule has 0 aliphatic rings. The Hall–Kier alpha value is -2.80. The van der Waals surface area contributed by atoms with Crippen LogP contribution >= 0.6 is 11.3 Å². The first-order chi connectivity index (χ1) is 10.4. The van der Waals surface area contributed by atoms with Gasteiger partial charge in [0.15, 0.2) is 11.6 Å². The van der Waals surface area contributed by atoms with Crippen molar-refractivity contribution in [3.8, 4) is 27.7 Å². The number of benzene rings is 1. The normalized spacial score (nSPS) is 10.9. The van der Waals surface area contributed by atoms with Crippen LogP contribution in [-0.2, 0) is 0 Å². The van der Waals surface area contributed by atoms with E-state index in [1.54, 1.807) is 22.2 Å². The van der Waals surface area contributed by atoms with E-state index in [2.05, 4.69) is 20.7 Å². The van der Waals surface area contributed by atoms with Gasteiger partial charge in [0.1, 0.15) is 0 Å². The number of hydrogen-bond acceptors (Lipinski definition) is 6. The van der Waals surface area contributed by atoms with Crippen molar-refractivity contribution in [3.05, 3.63) is 54.0 Å². The highest BCUT2D eigenvalue weighted by Crippen LogP contribution is 2.33. The Labute approximate surface area is 123 Å². The number of thiophene rings is 1. The van der Waals surface area contributed by atoms with Gasteiger partial charge in [0.25, 0.3) is 0 Å². The molecule has 0 bridgehead atoms. The fourth-order valence-corrected chi connectivity index (χ4v) is 2.80. The minimum atomic E-state index is 0.603. The molecule has 0 saturated heterocycles. The fraction of sp³-hybridized carbons (Fsp3) is 0. The Balaban J connectivity index is 1.87. The lowest BCUT2D eigenvalue weighted by molar-refractivity contribution is 0.433. The van der Waals surface area contributed by atoms with E-state index >= 15 is 0 Å². The van der Waals surface area contributed by atoms with Gasteiger partial charge in [-0.3, -0.25) is 0 Å². The van der Waals surface area contributed by atoms with Gasteiger partial charge in [-0.1, -0.05) is 29.4 Å². The van der Waals surface area contributed by atoms with Crippen LogP contribution in [0.15, 0.2) is 58.6 Å². The molecule has 0 atom stereocenters. The molecule has 0 aliphatic carbocycles. The molecular weight excluding hydrogens is 286 g/mol. The van der Waals surface area contributed by atoms with Crippen molar-refractivity contribution in [3.63, 3.8) is 0 Å². The van der Waals surface area contributed by atoms with Crippen molar-refractivity contribution >= 4 is 11.3 Å². The predicted octanol–water partition coefficient (Wildman–Crippen LogP) is 3.05. The second-order valence-electron chi connectivity index (χ2n) is 4.30. The third-order valence-corrected chi connectivity index (χ3v) is 3.90. The maximum Gasteiger partial charge on any atom is 0.192 e. The van der Waals surface area contributed by atoms with Crippen LogP contribution in [0.4, 0.5) is 0 Å². The average molecular weight is 295 g/mol. The molecule has 0 radical (unpaired) electrons. The quantitative estimate of drug-likeness (QED) is 0.581. The molecule has 0 amide bonds. The van der Waals surface area contributed by atoms with Crippen LogP contribution in [0, 0.1) is 0 Å². The topological polar surface area (TPSA) is 69.6 Å². The van der Waals surface area contributed by atoms with Gasteiger partial charge in [-0.15, -0.1) is 16.4 Å². The summed E-state index contributed by atoms with van der Waals surface area (Å²) >= 11 is 1.58. The molecular formula is C14H9N5OS. The number of hydrogen-bond donors (Lipinski definition) is 0. The largest absolute Gasteiger partial charge is 0.355 e. The van der Waals surface area contributed by atoms with Gasteiger partial charge in [-0.05, 0) is 34.0 Å². The maximum atomic E-state index is 5.38. The van der Waals surface area contributed by atoms with Crippen LogP contribution in [0.25, 0.3) is 27.7 Å². The first-order valence-electron chi connectivity index (χ1n) is 6.26. The van der Waals surface area contributed by atoms with Crippen molar-refractivity contribution < 1.29 is 4.52 Å². The van der Waals surface area contributed by atoms with Crippen LogP contribution < -0.4 is 0 Å². The second kappa shape index (κ2) is 4.95. The van der Waals surface area contributed by atoms with Gasteiger partial charge >= 0.3 is 0 Å². The summed E-state index contributed by atoms with van der Waals surface area (Å²) in [6.07, 6.45) is 1.64. The van der Waals surface area contributed by atoms with Crippen LogP contribution in [0.5, 0.6) is 0 Å². The number of aromatic nitrogens is 5. The molecule has 3 heterocycles. The Morgan fingerprint density at radius 3 is 2.76 bits per heavy atom. The van der Waals surface area contributed by atoms with Gasteiger partial charge < -0.3 is 4.52 Å². The number of nitrogens with zero attached hydrogens (tertiary/aromatic N) is 5. The zero-order chi connectivity index (χ0) is 14.1. The summed E-state index contributed by atoms with van der Waals surface area (Å²) in [6.45, 7) is 0. The third kappa shape index (κ3) is 2.03.